The van der Waals surface area contributed by atoms with Gasteiger partial charge in [0, 0.05) is 43.3 Å². The number of carbonyl (C=O) groups is 1. The van der Waals surface area contributed by atoms with E-state index in [-0.39, 0.29) is 17.9 Å². The molecule has 1 aliphatic carbocycles. The first-order valence-corrected chi connectivity index (χ1v) is 10.7. The fourth-order valence-electron chi connectivity index (χ4n) is 5.02. The van der Waals surface area contributed by atoms with Crippen molar-refractivity contribution >= 4 is 17.2 Å². The van der Waals surface area contributed by atoms with E-state index in [0.717, 1.165) is 32.5 Å². The molecule has 3 aliphatic rings. The summed E-state index contributed by atoms with van der Waals surface area (Å²) in [6.07, 6.45) is 6.88. The maximum absolute atomic E-state index is 13.3. The average Bonchev–Trinajstić information content (AvgIpc) is 3.09. The van der Waals surface area contributed by atoms with Crippen LogP contribution in [0.15, 0.2) is 24.3 Å². The molecule has 4 nitrogen and oxygen atoms in total. The zero-order valence-corrected chi connectivity index (χ0v) is 16.9. The summed E-state index contributed by atoms with van der Waals surface area (Å²) in [6, 6.07) is 7.21. The number of anilines is 1. The van der Waals surface area contributed by atoms with Gasteiger partial charge in [-0.15, -0.1) is 0 Å². The molecule has 0 aromatic heterocycles. The van der Waals surface area contributed by atoms with Gasteiger partial charge in [-0.25, -0.2) is 0 Å². The zero-order valence-electron chi connectivity index (χ0n) is 16.9. The molecule has 1 aromatic rings. The summed E-state index contributed by atoms with van der Waals surface area (Å²) in [5.74, 6) is 0.828. The van der Waals surface area contributed by atoms with Gasteiger partial charge in [0.1, 0.15) is 0 Å². The maximum Gasteiger partial charge on any atom is 0.231 e. The molecule has 0 saturated carbocycles. The van der Waals surface area contributed by atoms with E-state index in [1.54, 1.807) is 0 Å². The monoisotopic (exact) mass is 367 g/mol. The van der Waals surface area contributed by atoms with E-state index >= 15 is 0 Å². The molecule has 1 amide bonds. The standard InChI is InChI=1S/C23H33N3O/c1-4-5-6-10-26(15(2)3)23(27)17-11-19-18-8-7-9-20-22(18)16(13-24-20)12-21(19)25-14-17/h7-9,11,15-17,21,24-25H,4-6,10,12-14H2,1-3H3/t16?,17-,21-/m1/s1. The summed E-state index contributed by atoms with van der Waals surface area (Å²) >= 11 is 0. The van der Waals surface area contributed by atoms with Gasteiger partial charge in [-0.2, -0.15) is 0 Å². The molecule has 1 unspecified atom stereocenters. The van der Waals surface area contributed by atoms with Crippen LogP contribution < -0.4 is 10.6 Å². The first kappa shape index (κ1) is 18.5. The van der Waals surface area contributed by atoms with Crippen LogP contribution in [0.25, 0.3) is 5.57 Å². The molecule has 1 aromatic carbocycles. The van der Waals surface area contributed by atoms with E-state index in [1.165, 1.54) is 35.2 Å². The highest BCUT2D eigenvalue weighted by atomic mass is 16.2. The van der Waals surface area contributed by atoms with E-state index < -0.39 is 0 Å². The van der Waals surface area contributed by atoms with Crippen LogP contribution in [-0.4, -0.2) is 42.5 Å². The number of carbonyl (C=O) groups excluding carboxylic acids is 1. The highest BCUT2D eigenvalue weighted by Gasteiger charge is 2.39. The lowest BCUT2D eigenvalue weighted by molar-refractivity contribution is -0.135. The van der Waals surface area contributed by atoms with Gasteiger partial charge in [-0.05, 0) is 49.5 Å². The Balaban J connectivity index is 1.59. The number of amides is 1. The molecule has 2 heterocycles. The Bertz CT molecular complexity index is 739. The van der Waals surface area contributed by atoms with Gasteiger partial charge in [-0.1, -0.05) is 38.0 Å². The predicted octanol–water partition coefficient (Wildman–Crippen LogP) is 4.00. The Morgan fingerprint density at radius 3 is 2.89 bits per heavy atom. The minimum Gasteiger partial charge on any atom is -0.384 e. The van der Waals surface area contributed by atoms with Crippen molar-refractivity contribution in [1.29, 1.82) is 0 Å². The molecular weight excluding hydrogens is 334 g/mol. The van der Waals surface area contributed by atoms with Crippen molar-refractivity contribution in [1.82, 2.24) is 10.2 Å². The highest BCUT2D eigenvalue weighted by Crippen LogP contribution is 2.46. The maximum atomic E-state index is 13.3. The third kappa shape index (κ3) is 3.40. The SMILES string of the molecule is CCCCCN(C(=O)[C@@H]1C=C2c3cccc4c3C(CN4)C[C@H]2NC1)C(C)C. The molecule has 3 atom stereocenters. The lowest BCUT2D eigenvalue weighted by Crippen LogP contribution is -2.48. The summed E-state index contributed by atoms with van der Waals surface area (Å²) in [6.45, 7) is 9.16. The predicted molar refractivity (Wildman–Crippen MR) is 112 cm³/mol. The van der Waals surface area contributed by atoms with E-state index in [0.29, 0.717) is 12.0 Å². The molecule has 27 heavy (non-hydrogen) atoms. The number of benzene rings is 1. The molecule has 2 N–H and O–H groups in total. The van der Waals surface area contributed by atoms with Crippen LogP contribution >= 0.6 is 0 Å². The smallest absolute Gasteiger partial charge is 0.231 e. The van der Waals surface area contributed by atoms with Crippen LogP contribution in [-0.2, 0) is 4.79 Å². The van der Waals surface area contributed by atoms with Crippen molar-refractivity contribution < 1.29 is 4.79 Å². The van der Waals surface area contributed by atoms with E-state index in [1.807, 2.05) is 0 Å². The molecule has 146 valence electrons. The second kappa shape index (κ2) is 7.67. The third-order valence-electron chi connectivity index (χ3n) is 6.45. The summed E-state index contributed by atoms with van der Waals surface area (Å²) in [5.41, 5.74) is 5.45. The number of fused-ring (bicyclic) bond motifs is 2. The fraction of sp³-hybridized carbons (Fsp3) is 0.609. The molecular formula is C23H33N3O. The Morgan fingerprint density at radius 1 is 1.26 bits per heavy atom. The quantitative estimate of drug-likeness (QED) is 0.747. The molecule has 2 aliphatic heterocycles. The lowest BCUT2D eigenvalue weighted by Gasteiger charge is -2.38. The van der Waals surface area contributed by atoms with Crippen molar-refractivity contribution in [2.24, 2.45) is 5.92 Å². The van der Waals surface area contributed by atoms with Crippen LogP contribution in [0.3, 0.4) is 0 Å². The summed E-state index contributed by atoms with van der Waals surface area (Å²) in [7, 11) is 0. The van der Waals surface area contributed by atoms with Crippen molar-refractivity contribution in [3.63, 3.8) is 0 Å². The van der Waals surface area contributed by atoms with Gasteiger partial charge in [0.15, 0.2) is 0 Å². The summed E-state index contributed by atoms with van der Waals surface area (Å²) in [5, 5.41) is 7.26. The van der Waals surface area contributed by atoms with Gasteiger partial charge in [0.05, 0.1) is 5.92 Å². The second-order valence-corrected chi connectivity index (χ2v) is 8.60. The fourth-order valence-corrected chi connectivity index (χ4v) is 5.02. The summed E-state index contributed by atoms with van der Waals surface area (Å²) in [4.78, 5) is 15.4. The van der Waals surface area contributed by atoms with Gasteiger partial charge in [0.25, 0.3) is 0 Å². The van der Waals surface area contributed by atoms with Crippen LogP contribution in [0.2, 0.25) is 0 Å². The molecule has 4 rings (SSSR count). The molecule has 0 saturated heterocycles. The molecule has 0 radical (unpaired) electrons. The first-order chi connectivity index (χ1) is 13.1. The lowest BCUT2D eigenvalue weighted by atomic mass is 9.75. The molecule has 4 heteroatoms. The van der Waals surface area contributed by atoms with Gasteiger partial charge in [-0.3, -0.25) is 4.79 Å². The van der Waals surface area contributed by atoms with Crippen LogP contribution in [0.5, 0.6) is 0 Å². The number of hydrogen-bond acceptors (Lipinski definition) is 3. The van der Waals surface area contributed by atoms with Gasteiger partial charge < -0.3 is 15.5 Å². The van der Waals surface area contributed by atoms with Crippen LogP contribution in [0.1, 0.15) is 63.5 Å². The largest absolute Gasteiger partial charge is 0.384 e. The Kier molecular flexibility index (Phi) is 5.27. The first-order valence-electron chi connectivity index (χ1n) is 10.7. The van der Waals surface area contributed by atoms with E-state index in [2.05, 4.69) is 60.6 Å². The van der Waals surface area contributed by atoms with Crippen LogP contribution in [0, 0.1) is 5.92 Å². The number of nitrogens with one attached hydrogen (secondary N) is 2. The van der Waals surface area contributed by atoms with Crippen LogP contribution in [0.4, 0.5) is 5.69 Å². The van der Waals surface area contributed by atoms with E-state index in [4.69, 9.17) is 0 Å². The number of nitrogens with zero attached hydrogens (tertiary/aromatic N) is 1. The normalized spacial score (nSPS) is 25.5. The van der Waals surface area contributed by atoms with Gasteiger partial charge in [0.2, 0.25) is 5.91 Å². The topological polar surface area (TPSA) is 44.4 Å². The van der Waals surface area contributed by atoms with Gasteiger partial charge >= 0.3 is 0 Å². The third-order valence-corrected chi connectivity index (χ3v) is 6.45. The average molecular weight is 368 g/mol. The van der Waals surface area contributed by atoms with Crippen molar-refractivity contribution in [2.45, 2.75) is 64.5 Å². The number of rotatable bonds is 6. The molecule has 0 fully saturated rings. The minimum absolute atomic E-state index is 0.0537. The Morgan fingerprint density at radius 2 is 2.11 bits per heavy atom. The molecule has 0 bridgehead atoms. The second-order valence-electron chi connectivity index (χ2n) is 8.60. The van der Waals surface area contributed by atoms with E-state index in [9.17, 15) is 4.79 Å². The van der Waals surface area contributed by atoms with Crippen molar-refractivity contribution in [3.05, 3.63) is 35.4 Å². The Hall–Kier alpha value is -1.81. The molecule has 0 spiro atoms. The summed E-state index contributed by atoms with van der Waals surface area (Å²) < 4.78 is 0. The number of unbranched alkanes of at least 4 members (excludes halogenated alkanes) is 2. The van der Waals surface area contributed by atoms with Crippen molar-refractivity contribution in [3.8, 4) is 0 Å². The number of hydrogen-bond donors (Lipinski definition) is 2. The van der Waals surface area contributed by atoms with Crippen molar-refractivity contribution in [2.75, 3.05) is 25.0 Å². The minimum atomic E-state index is -0.0537. The zero-order chi connectivity index (χ0) is 19.0. The Labute approximate surface area is 163 Å². The highest BCUT2D eigenvalue weighted by molar-refractivity contribution is 5.87.